The molecule has 0 saturated carbocycles. The molecule has 1 heterocycles. The second-order valence-electron chi connectivity index (χ2n) is 4.33. The van der Waals surface area contributed by atoms with Crippen molar-refractivity contribution in [1.29, 1.82) is 0 Å². The highest BCUT2D eigenvalue weighted by Gasteiger charge is 2.23. The Hall–Kier alpha value is -1.81. The highest BCUT2D eigenvalue weighted by molar-refractivity contribution is 5.40. The minimum Gasteiger partial charge on any atom is -0.497 e. The number of aryl methyl sites for hydroxylation is 1. The van der Waals surface area contributed by atoms with E-state index < -0.39 is 0 Å². The molecule has 1 aliphatic carbocycles. The number of benzene rings is 1. The molecule has 0 fully saturated rings. The van der Waals surface area contributed by atoms with Gasteiger partial charge in [0.05, 0.1) is 18.5 Å². The van der Waals surface area contributed by atoms with Crippen LogP contribution < -0.4 is 10.5 Å². The zero-order valence-corrected chi connectivity index (χ0v) is 9.76. The van der Waals surface area contributed by atoms with Gasteiger partial charge in [0.1, 0.15) is 5.75 Å². The van der Waals surface area contributed by atoms with Gasteiger partial charge in [0, 0.05) is 18.3 Å². The minimum atomic E-state index is 0.0943. The number of ether oxygens (including phenoxy) is 1. The molecule has 3 rings (SSSR count). The van der Waals surface area contributed by atoms with Gasteiger partial charge in [-0.05, 0) is 30.5 Å². The van der Waals surface area contributed by atoms with E-state index in [0.29, 0.717) is 0 Å². The Morgan fingerprint density at radius 3 is 3.12 bits per heavy atom. The van der Waals surface area contributed by atoms with Crippen LogP contribution >= 0.6 is 0 Å². The van der Waals surface area contributed by atoms with Crippen molar-refractivity contribution in [3.8, 4) is 11.4 Å². The first-order valence-electron chi connectivity index (χ1n) is 5.76. The summed E-state index contributed by atoms with van der Waals surface area (Å²) in [6, 6.07) is 7.95. The molecule has 1 aliphatic rings. The average molecular weight is 229 g/mol. The molecule has 0 amide bonds. The molecule has 0 saturated heterocycles. The Morgan fingerprint density at radius 1 is 1.47 bits per heavy atom. The summed E-state index contributed by atoms with van der Waals surface area (Å²) in [5, 5.41) is 4.55. The maximum absolute atomic E-state index is 5.99. The van der Waals surface area contributed by atoms with E-state index >= 15 is 0 Å². The summed E-state index contributed by atoms with van der Waals surface area (Å²) < 4.78 is 7.09. The van der Waals surface area contributed by atoms with E-state index in [-0.39, 0.29) is 6.04 Å². The van der Waals surface area contributed by atoms with Crippen molar-refractivity contribution in [2.75, 3.05) is 7.11 Å². The molecule has 1 aromatic heterocycles. The molecule has 1 aromatic carbocycles. The van der Waals surface area contributed by atoms with Crippen molar-refractivity contribution in [1.82, 2.24) is 9.78 Å². The number of rotatable bonds is 2. The lowest BCUT2D eigenvalue weighted by atomic mass is 10.3. The first-order chi connectivity index (χ1) is 8.28. The van der Waals surface area contributed by atoms with Crippen molar-refractivity contribution in [3.63, 3.8) is 0 Å². The third-order valence-corrected chi connectivity index (χ3v) is 3.22. The lowest BCUT2D eigenvalue weighted by molar-refractivity contribution is 0.414. The molecular weight excluding hydrogens is 214 g/mol. The quantitative estimate of drug-likeness (QED) is 0.854. The largest absolute Gasteiger partial charge is 0.497 e. The zero-order chi connectivity index (χ0) is 11.8. The van der Waals surface area contributed by atoms with Crippen molar-refractivity contribution in [2.24, 2.45) is 5.73 Å². The van der Waals surface area contributed by atoms with Gasteiger partial charge in [-0.25, -0.2) is 4.68 Å². The number of nitrogens with two attached hydrogens (primary N) is 1. The summed E-state index contributed by atoms with van der Waals surface area (Å²) in [5.41, 5.74) is 9.30. The summed E-state index contributed by atoms with van der Waals surface area (Å²) in [5.74, 6) is 0.836. The van der Waals surface area contributed by atoms with Gasteiger partial charge in [0.25, 0.3) is 0 Å². The summed E-state index contributed by atoms with van der Waals surface area (Å²) in [7, 11) is 1.66. The molecule has 4 heteroatoms. The Morgan fingerprint density at radius 2 is 2.35 bits per heavy atom. The van der Waals surface area contributed by atoms with E-state index in [0.717, 1.165) is 30.0 Å². The maximum atomic E-state index is 5.99. The van der Waals surface area contributed by atoms with Crippen LogP contribution in [0.5, 0.6) is 5.75 Å². The van der Waals surface area contributed by atoms with E-state index in [1.54, 1.807) is 7.11 Å². The van der Waals surface area contributed by atoms with E-state index in [9.17, 15) is 0 Å². The van der Waals surface area contributed by atoms with E-state index in [2.05, 4.69) is 11.3 Å². The van der Waals surface area contributed by atoms with E-state index in [1.165, 1.54) is 5.56 Å². The molecule has 0 aliphatic heterocycles. The van der Waals surface area contributed by atoms with Gasteiger partial charge in [-0.1, -0.05) is 6.07 Å². The number of hydrogen-bond acceptors (Lipinski definition) is 3. The summed E-state index contributed by atoms with van der Waals surface area (Å²) in [6.07, 6.45) is 4.11. The number of hydrogen-bond donors (Lipinski definition) is 1. The highest BCUT2D eigenvalue weighted by Crippen LogP contribution is 2.29. The smallest absolute Gasteiger partial charge is 0.121 e. The molecule has 4 nitrogen and oxygen atoms in total. The Bertz CT molecular complexity index is 547. The lowest BCUT2D eigenvalue weighted by Gasteiger charge is -2.05. The second kappa shape index (κ2) is 3.89. The molecule has 2 aromatic rings. The van der Waals surface area contributed by atoms with Crippen LogP contribution in [-0.4, -0.2) is 16.9 Å². The number of aromatic nitrogens is 2. The predicted molar refractivity (Wildman–Crippen MR) is 65.4 cm³/mol. The van der Waals surface area contributed by atoms with Crippen molar-refractivity contribution >= 4 is 0 Å². The van der Waals surface area contributed by atoms with Gasteiger partial charge in [-0.3, -0.25) is 0 Å². The fourth-order valence-electron chi connectivity index (χ4n) is 2.26. The summed E-state index contributed by atoms with van der Waals surface area (Å²) in [4.78, 5) is 0. The van der Waals surface area contributed by atoms with Crippen molar-refractivity contribution < 1.29 is 4.74 Å². The summed E-state index contributed by atoms with van der Waals surface area (Å²) >= 11 is 0. The topological polar surface area (TPSA) is 53.1 Å². The molecule has 0 radical (unpaired) electrons. The summed E-state index contributed by atoms with van der Waals surface area (Å²) in [6.45, 7) is 0. The van der Waals surface area contributed by atoms with Crippen LogP contribution in [0, 0.1) is 0 Å². The van der Waals surface area contributed by atoms with Crippen molar-refractivity contribution in [2.45, 2.75) is 18.9 Å². The molecule has 0 bridgehead atoms. The van der Waals surface area contributed by atoms with Crippen LogP contribution in [0.25, 0.3) is 5.69 Å². The van der Waals surface area contributed by atoms with Crippen LogP contribution in [0.15, 0.2) is 30.5 Å². The molecular formula is C13H15N3O. The van der Waals surface area contributed by atoms with Crippen LogP contribution in [0.1, 0.15) is 23.7 Å². The Labute approximate surface area is 100 Å². The van der Waals surface area contributed by atoms with Gasteiger partial charge in [0.2, 0.25) is 0 Å². The van der Waals surface area contributed by atoms with Crippen LogP contribution in [0.3, 0.4) is 0 Å². The first kappa shape index (κ1) is 10.4. The highest BCUT2D eigenvalue weighted by atomic mass is 16.5. The average Bonchev–Trinajstić information content (AvgIpc) is 2.92. The fourth-order valence-corrected chi connectivity index (χ4v) is 2.26. The molecule has 0 spiro atoms. The number of methoxy groups -OCH3 is 1. The third kappa shape index (κ3) is 1.70. The first-order valence-corrected chi connectivity index (χ1v) is 5.76. The van der Waals surface area contributed by atoms with E-state index in [4.69, 9.17) is 10.5 Å². The maximum Gasteiger partial charge on any atom is 0.121 e. The molecule has 88 valence electrons. The van der Waals surface area contributed by atoms with Crippen LogP contribution in [0.2, 0.25) is 0 Å². The van der Waals surface area contributed by atoms with Gasteiger partial charge < -0.3 is 10.5 Å². The monoisotopic (exact) mass is 229 g/mol. The molecule has 2 N–H and O–H groups in total. The number of fused-ring (bicyclic) bond motifs is 1. The standard InChI is InChI=1S/C13H15N3O/c1-17-11-4-2-3-10(7-11)16-8-9-5-6-12(14)13(9)15-16/h2-4,7-8,12H,5-6,14H2,1H3. The zero-order valence-electron chi connectivity index (χ0n) is 9.76. The normalized spacial score (nSPS) is 18.1. The van der Waals surface area contributed by atoms with Gasteiger partial charge >= 0.3 is 0 Å². The van der Waals surface area contributed by atoms with Gasteiger partial charge in [-0.15, -0.1) is 0 Å². The fraction of sp³-hybridized carbons (Fsp3) is 0.308. The van der Waals surface area contributed by atoms with Gasteiger partial charge in [-0.2, -0.15) is 5.10 Å². The Kier molecular flexibility index (Phi) is 2.37. The van der Waals surface area contributed by atoms with Crippen LogP contribution in [0.4, 0.5) is 0 Å². The molecule has 1 unspecified atom stereocenters. The third-order valence-electron chi connectivity index (χ3n) is 3.22. The van der Waals surface area contributed by atoms with Gasteiger partial charge in [0.15, 0.2) is 0 Å². The van der Waals surface area contributed by atoms with Crippen molar-refractivity contribution in [3.05, 3.63) is 41.7 Å². The van der Waals surface area contributed by atoms with E-state index in [1.807, 2.05) is 28.9 Å². The van der Waals surface area contributed by atoms with Crippen LogP contribution in [-0.2, 0) is 6.42 Å². The molecule has 1 atom stereocenters. The SMILES string of the molecule is COc1cccc(-n2cc3c(n2)C(N)CC3)c1. The number of nitrogens with zero attached hydrogens (tertiary/aromatic N) is 2. The molecule has 17 heavy (non-hydrogen) atoms. The Balaban J connectivity index is 2.01. The predicted octanol–water partition coefficient (Wildman–Crippen LogP) is 1.83. The lowest BCUT2D eigenvalue weighted by Crippen LogP contribution is -2.08. The second-order valence-corrected chi connectivity index (χ2v) is 4.33. The minimum absolute atomic E-state index is 0.0943.